The second-order valence-electron chi connectivity index (χ2n) is 10.4. The van der Waals surface area contributed by atoms with Gasteiger partial charge in [-0.05, 0) is 61.3 Å². The Morgan fingerprint density at radius 3 is 2.03 bits per heavy atom. The molecule has 32 heavy (non-hydrogen) atoms. The molecule has 1 atom stereocenters. The van der Waals surface area contributed by atoms with Gasteiger partial charge in [-0.2, -0.15) is 0 Å². The number of aromatic nitrogens is 2. The van der Waals surface area contributed by atoms with Crippen LogP contribution in [0.25, 0.3) is 0 Å². The average Bonchev–Trinajstić information content (AvgIpc) is 2.86. The van der Waals surface area contributed by atoms with Crippen LogP contribution in [0.4, 0.5) is 10.7 Å². The molecule has 178 valence electrons. The van der Waals surface area contributed by atoms with Crippen LogP contribution in [0.5, 0.6) is 0 Å². The van der Waals surface area contributed by atoms with Crippen molar-refractivity contribution in [3.63, 3.8) is 0 Å². The van der Waals surface area contributed by atoms with Crippen molar-refractivity contribution in [2.45, 2.75) is 92.1 Å². The number of likely N-dealkylation sites (N-methyl/N-ethyl adjacent to an activating group) is 1. The molecule has 0 saturated carbocycles. The third-order valence-electron chi connectivity index (χ3n) is 5.61. The van der Waals surface area contributed by atoms with Crippen molar-refractivity contribution in [1.29, 1.82) is 0 Å². The van der Waals surface area contributed by atoms with Crippen molar-refractivity contribution in [2.24, 2.45) is 5.92 Å². The lowest BCUT2D eigenvalue weighted by molar-refractivity contribution is -0.121. The maximum Gasteiger partial charge on any atom is 0.498 e. The molecular weight excluding hydrogens is 411 g/mol. The number of hydrogen-bond donors (Lipinski definition) is 1. The standard InChI is InChI=1S/C22H37BN4O5/c1-11-27(17(28)16(14(2)3)26-19(29)30-20(4,5)6)18-24-12-15(13-25-18)23-31-21(7,8)22(9,10)32-23/h12-14,16H,11H2,1-10H3,(H,26,29)/t16-/m1/s1. The number of amides is 2. The van der Waals surface area contributed by atoms with Gasteiger partial charge in [-0.15, -0.1) is 0 Å². The Bertz CT molecular complexity index is 805. The first-order valence-corrected chi connectivity index (χ1v) is 11.1. The van der Waals surface area contributed by atoms with Gasteiger partial charge >= 0.3 is 13.2 Å². The van der Waals surface area contributed by atoms with Crippen LogP contribution >= 0.6 is 0 Å². The normalized spacial score (nSPS) is 18.4. The molecule has 0 aromatic carbocycles. The third-order valence-corrected chi connectivity index (χ3v) is 5.61. The Morgan fingerprint density at radius 1 is 1.12 bits per heavy atom. The molecule has 2 amide bonds. The number of ether oxygens (including phenoxy) is 1. The van der Waals surface area contributed by atoms with Crippen LogP contribution in [-0.4, -0.2) is 58.5 Å². The molecule has 1 aromatic rings. The molecule has 9 nitrogen and oxygen atoms in total. The van der Waals surface area contributed by atoms with Gasteiger partial charge in [0.2, 0.25) is 5.95 Å². The predicted octanol–water partition coefficient (Wildman–Crippen LogP) is 2.68. The summed E-state index contributed by atoms with van der Waals surface area (Å²) >= 11 is 0. The van der Waals surface area contributed by atoms with E-state index in [9.17, 15) is 9.59 Å². The maximum absolute atomic E-state index is 13.3. The number of anilines is 1. The summed E-state index contributed by atoms with van der Waals surface area (Å²) < 4.78 is 17.4. The molecule has 10 heteroatoms. The Morgan fingerprint density at radius 2 is 1.62 bits per heavy atom. The van der Waals surface area contributed by atoms with E-state index < -0.39 is 36.1 Å². The third kappa shape index (κ3) is 5.98. The maximum atomic E-state index is 13.3. The lowest BCUT2D eigenvalue weighted by atomic mass is 9.81. The van der Waals surface area contributed by atoms with Gasteiger partial charge in [0.25, 0.3) is 5.91 Å². The number of alkyl carbamates (subject to hydrolysis) is 1. The highest BCUT2D eigenvalue weighted by atomic mass is 16.7. The van der Waals surface area contributed by atoms with Crippen LogP contribution in [0.3, 0.4) is 0 Å². The quantitative estimate of drug-likeness (QED) is 0.668. The van der Waals surface area contributed by atoms with Gasteiger partial charge in [-0.1, -0.05) is 13.8 Å². The summed E-state index contributed by atoms with van der Waals surface area (Å²) in [4.78, 5) is 35.7. The fraction of sp³-hybridized carbons (Fsp3) is 0.727. The van der Waals surface area contributed by atoms with Crippen LogP contribution in [0.15, 0.2) is 12.4 Å². The van der Waals surface area contributed by atoms with E-state index in [1.165, 1.54) is 4.90 Å². The molecule has 1 saturated heterocycles. The molecule has 0 spiro atoms. The van der Waals surface area contributed by atoms with Crippen molar-refractivity contribution in [3.8, 4) is 0 Å². The van der Waals surface area contributed by atoms with E-state index in [1.54, 1.807) is 33.2 Å². The zero-order valence-electron chi connectivity index (χ0n) is 21.0. The monoisotopic (exact) mass is 448 g/mol. The molecule has 1 aliphatic heterocycles. The summed E-state index contributed by atoms with van der Waals surface area (Å²) in [5, 5.41) is 2.68. The van der Waals surface area contributed by atoms with Crippen molar-refractivity contribution in [1.82, 2.24) is 15.3 Å². The number of nitrogens with one attached hydrogen (secondary N) is 1. The molecule has 1 aliphatic rings. The summed E-state index contributed by atoms with van der Waals surface area (Å²) in [6.45, 7) is 19.1. The first-order valence-electron chi connectivity index (χ1n) is 11.1. The Balaban J connectivity index is 2.18. The van der Waals surface area contributed by atoms with Gasteiger partial charge in [-0.25, -0.2) is 14.8 Å². The molecule has 0 unspecified atom stereocenters. The number of carbonyl (C=O) groups is 2. The summed E-state index contributed by atoms with van der Waals surface area (Å²) in [5.41, 5.74) is -0.937. The Hall–Kier alpha value is -2.20. The van der Waals surface area contributed by atoms with Gasteiger partial charge in [0, 0.05) is 24.4 Å². The van der Waals surface area contributed by atoms with Crippen LogP contribution in [0.2, 0.25) is 0 Å². The minimum absolute atomic E-state index is 0.159. The van der Waals surface area contributed by atoms with Crippen LogP contribution in [0.1, 0.15) is 69.2 Å². The molecule has 0 radical (unpaired) electrons. The summed E-state index contributed by atoms with van der Waals surface area (Å²) in [5.74, 6) is -0.223. The second-order valence-corrected chi connectivity index (χ2v) is 10.4. The molecule has 1 aromatic heterocycles. The highest BCUT2D eigenvalue weighted by molar-refractivity contribution is 6.61. The SMILES string of the molecule is CCN(C(=O)[C@H](NC(=O)OC(C)(C)C)C(C)C)c1ncc(B2OC(C)(C)C(C)(C)O2)cn1. The summed E-state index contributed by atoms with van der Waals surface area (Å²) in [7, 11) is -0.586. The zero-order chi connectivity index (χ0) is 24.5. The van der Waals surface area contributed by atoms with Crippen LogP contribution < -0.4 is 15.7 Å². The van der Waals surface area contributed by atoms with Crippen LogP contribution in [-0.2, 0) is 18.8 Å². The van der Waals surface area contributed by atoms with E-state index in [-0.39, 0.29) is 17.8 Å². The minimum Gasteiger partial charge on any atom is -0.444 e. The van der Waals surface area contributed by atoms with E-state index in [1.807, 2.05) is 48.5 Å². The van der Waals surface area contributed by atoms with E-state index in [0.29, 0.717) is 12.0 Å². The molecule has 1 N–H and O–H groups in total. The van der Waals surface area contributed by atoms with Crippen molar-refractivity contribution in [2.75, 3.05) is 11.4 Å². The first-order chi connectivity index (χ1) is 14.6. The fourth-order valence-electron chi connectivity index (χ4n) is 3.08. The number of nitrogens with zero attached hydrogens (tertiary/aromatic N) is 3. The summed E-state index contributed by atoms with van der Waals surface area (Å²) in [6, 6.07) is -0.781. The van der Waals surface area contributed by atoms with Crippen molar-refractivity contribution in [3.05, 3.63) is 12.4 Å². The Kier molecular flexibility index (Phi) is 7.61. The first kappa shape index (κ1) is 26.1. The lowest BCUT2D eigenvalue weighted by Gasteiger charge is -2.32. The van der Waals surface area contributed by atoms with Gasteiger partial charge in [-0.3, -0.25) is 9.69 Å². The fourth-order valence-corrected chi connectivity index (χ4v) is 3.08. The van der Waals surface area contributed by atoms with E-state index in [2.05, 4.69) is 15.3 Å². The average molecular weight is 448 g/mol. The van der Waals surface area contributed by atoms with E-state index >= 15 is 0 Å². The van der Waals surface area contributed by atoms with Gasteiger partial charge < -0.3 is 19.4 Å². The van der Waals surface area contributed by atoms with Gasteiger partial charge in [0.05, 0.1) is 11.2 Å². The highest BCUT2D eigenvalue weighted by Gasteiger charge is 2.52. The Labute approximate surface area is 191 Å². The number of hydrogen-bond acceptors (Lipinski definition) is 7. The second kappa shape index (κ2) is 9.35. The molecular formula is C22H37BN4O5. The van der Waals surface area contributed by atoms with Crippen molar-refractivity contribution < 1.29 is 23.6 Å². The van der Waals surface area contributed by atoms with Gasteiger partial charge in [0.15, 0.2) is 0 Å². The number of rotatable bonds is 6. The van der Waals surface area contributed by atoms with Gasteiger partial charge in [0.1, 0.15) is 11.6 Å². The largest absolute Gasteiger partial charge is 0.498 e. The van der Waals surface area contributed by atoms with E-state index in [4.69, 9.17) is 14.0 Å². The molecule has 0 aliphatic carbocycles. The molecule has 2 rings (SSSR count). The van der Waals surface area contributed by atoms with Crippen molar-refractivity contribution >= 4 is 30.5 Å². The zero-order valence-corrected chi connectivity index (χ0v) is 21.0. The molecule has 1 fully saturated rings. The minimum atomic E-state index is -0.781. The van der Waals surface area contributed by atoms with Crippen LogP contribution in [0, 0.1) is 5.92 Å². The van der Waals surface area contributed by atoms with E-state index in [0.717, 1.165) is 0 Å². The molecule has 0 bridgehead atoms. The highest BCUT2D eigenvalue weighted by Crippen LogP contribution is 2.36. The molecule has 2 heterocycles. The smallest absolute Gasteiger partial charge is 0.444 e. The predicted molar refractivity (Wildman–Crippen MR) is 124 cm³/mol. The lowest BCUT2D eigenvalue weighted by Crippen LogP contribution is -2.52. The topological polar surface area (TPSA) is 103 Å². The number of carbonyl (C=O) groups excluding carboxylic acids is 2. The summed E-state index contributed by atoms with van der Waals surface area (Å²) in [6.07, 6.45) is 2.57.